The van der Waals surface area contributed by atoms with E-state index in [0.717, 1.165) is 30.8 Å². The number of hydrogen-bond donors (Lipinski definition) is 1. The Bertz CT molecular complexity index is 580. The third-order valence-corrected chi connectivity index (χ3v) is 4.94. The van der Waals surface area contributed by atoms with Gasteiger partial charge in [0.1, 0.15) is 0 Å². The first-order valence-electron chi connectivity index (χ1n) is 8.12. The van der Waals surface area contributed by atoms with Crippen LogP contribution in [-0.4, -0.2) is 39.3 Å². The minimum Gasteiger partial charge on any atom is -0.469 e. The topological polar surface area (TPSA) is 41.6 Å². The number of piperidine rings is 1. The molecule has 0 saturated carbocycles. The summed E-state index contributed by atoms with van der Waals surface area (Å²) in [5.41, 5.74) is 1.63. The Balaban J connectivity index is 1.82. The van der Waals surface area contributed by atoms with E-state index in [9.17, 15) is 13.6 Å². The number of carbonyl (C=O) groups excluding carboxylic acids is 1. The second-order valence-corrected chi connectivity index (χ2v) is 6.30. The van der Waals surface area contributed by atoms with Gasteiger partial charge in [-0.25, -0.2) is 8.78 Å². The normalized spacial score (nSPS) is 22.4. The van der Waals surface area contributed by atoms with Gasteiger partial charge in [0, 0.05) is 31.4 Å². The number of benzene rings is 1. The van der Waals surface area contributed by atoms with E-state index in [1.807, 2.05) is 0 Å². The van der Waals surface area contributed by atoms with Gasteiger partial charge in [-0.05, 0) is 43.4 Å². The smallest absolute Gasteiger partial charge is 0.308 e. The van der Waals surface area contributed by atoms with Crippen LogP contribution in [0.2, 0.25) is 0 Å². The second-order valence-electron chi connectivity index (χ2n) is 6.30. The number of halogens is 2. The first kappa shape index (κ1) is 16.2. The van der Waals surface area contributed by atoms with Crippen LogP contribution in [0.4, 0.5) is 14.5 Å². The van der Waals surface area contributed by atoms with Crippen LogP contribution in [0.3, 0.4) is 0 Å². The molecule has 0 aliphatic carbocycles. The SMILES string of the molecule is COC(=O)C1CCN(c2cc(F)c(F)cc2C2CCNC2)CC1. The van der Waals surface area contributed by atoms with Crippen LogP contribution < -0.4 is 10.2 Å². The van der Waals surface area contributed by atoms with Gasteiger partial charge in [-0.2, -0.15) is 0 Å². The van der Waals surface area contributed by atoms with E-state index >= 15 is 0 Å². The summed E-state index contributed by atoms with van der Waals surface area (Å²) in [5, 5.41) is 3.27. The van der Waals surface area contributed by atoms with Crippen LogP contribution in [0.25, 0.3) is 0 Å². The summed E-state index contributed by atoms with van der Waals surface area (Å²) in [6.45, 7) is 2.99. The maximum absolute atomic E-state index is 13.8. The predicted octanol–water partition coefficient (Wildman–Crippen LogP) is 2.43. The summed E-state index contributed by atoms with van der Waals surface area (Å²) in [7, 11) is 1.40. The zero-order chi connectivity index (χ0) is 16.4. The zero-order valence-corrected chi connectivity index (χ0v) is 13.3. The fourth-order valence-electron chi connectivity index (χ4n) is 3.60. The average molecular weight is 324 g/mol. The lowest BCUT2D eigenvalue weighted by atomic mass is 9.92. The van der Waals surface area contributed by atoms with E-state index in [4.69, 9.17) is 4.74 Å². The zero-order valence-electron chi connectivity index (χ0n) is 13.3. The molecule has 2 aliphatic heterocycles. The third kappa shape index (κ3) is 3.32. The summed E-state index contributed by atoms with van der Waals surface area (Å²) in [6.07, 6.45) is 2.28. The Kier molecular flexibility index (Phi) is 4.80. The Morgan fingerprint density at radius 2 is 1.91 bits per heavy atom. The monoisotopic (exact) mass is 324 g/mol. The molecule has 0 amide bonds. The molecule has 0 bridgehead atoms. The molecule has 4 nitrogen and oxygen atoms in total. The number of methoxy groups -OCH3 is 1. The highest BCUT2D eigenvalue weighted by atomic mass is 19.2. The quantitative estimate of drug-likeness (QED) is 0.867. The van der Waals surface area contributed by atoms with E-state index in [0.29, 0.717) is 25.9 Å². The van der Waals surface area contributed by atoms with E-state index in [1.165, 1.54) is 19.2 Å². The van der Waals surface area contributed by atoms with Gasteiger partial charge in [0.25, 0.3) is 0 Å². The van der Waals surface area contributed by atoms with Crippen LogP contribution in [-0.2, 0) is 9.53 Å². The van der Waals surface area contributed by atoms with Gasteiger partial charge in [-0.3, -0.25) is 4.79 Å². The molecule has 3 rings (SSSR count). The number of anilines is 1. The standard InChI is InChI=1S/C17H22F2N2O2/c1-23-17(22)11-3-6-21(7-4-11)16-9-15(19)14(18)8-13(16)12-2-5-20-10-12/h8-9,11-12,20H,2-7,10H2,1H3. The van der Waals surface area contributed by atoms with Gasteiger partial charge >= 0.3 is 5.97 Å². The molecule has 2 saturated heterocycles. The molecule has 1 unspecified atom stereocenters. The van der Waals surface area contributed by atoms with Crippen molar-refractivity contribution < 1.29 is 18.3 Å². The Morgan fingerprint density at radius 3 is 2.52 bits per heavy atom. The van der Waals surface area contributed by atoms with Crippen LogP contribution in [0.15, 0.2) is 12.1 Å². The number of nitrogens with one attached hydrogen (secondary N) is 1. The molecule has 2 aliphatic rings. The molecule has 0 aromatic heterocycles. The van der Waals surface area contributed by atoms with Crippen molar-refractivity contribution in [3.05, 3.63) is 29.3 Å². The highest BCUT2D eigenvalue weighted by Gasteiger charge is 2.29. The van der Waals surface area contributed by atoms with Gasteiger partial charge in [-0.1, -0.05) is 0 Å². The van der Waals surface area contributed by atoms with E-state index in [-0.39, 0.29) is 17.8 Å². The van der Waals surface area contributed by atoms with Crippen molar-refractivity contribution in [2.45, 2.75) is 25.2 Å². The van der Waals surface area contributed by atoms with Gasteiger partial charge in [-0.15, -0.1) is 0 Å². The number of rotatable bonds is 3. The summed E-state index contributed by atoms with van der Waals surface area (Å²) >= 11 is 0. The molecular weight excluding hydrogens is 302 g/mol. The lowest BCUT2D eigenvalue weighted by molar-refractivity contribution is -0.146. The van der Waals surface area contributed by atoms with Crippen molar-refractivity contribution >= 4 is 11.7 Å². The van der Waals surface area contributed by atoms with Crippen molar-refractivity contribution in [1.29, 1.82) is 0 Å². The lowest BCUT2D eigenvalue weighted by Gasteiger charge is -2.34. The molecule has 0 spiro atoms. The summed E-state index contributed by atoms with van der Waals surface area (Å²) in [5.74, 6) is -1.68. The largest absolute Gasteiger partial charge is 0.469 e. The molecule has 23 heavy (non-hydrogen) atoms. The van der Waals surface area contributed by atoms with Crippen LogP contribution in [0.1, 0.15) is 30.7 Å². The average Bonchev–Trinajstić information content (AvgIpc) is 3.11. The van der Waals surface area contributed by atoms with Crippen LogP contribution in [0, 0.1) is 17.6 Å². The van der Waals surface area contributed by atoms with Crippen molar-refractivity contribution in [3.63, 3.8) is 0 Å². The molecule has 1 atom stereocenters. The van der Waals surface area contributed by atoms with Gasteiger partial charge < -0.3 is 15.0 Å². The maximum Gasteiger partial charge on any atom is 0.308 e. The van der Waals surface area contributed by atoms with E-state index in [2.05, 4.69) is 10.2 Å². The molecule has 1 N–H and O–H groups in total. The maximum atomic E-state index is 13.8. The minimum atomic E-state index is -0.815. The second kappa shape index (κ2) is 6.83. The van der Waals surface area contributed by atoms with Crippen molar-refractivity contribution in [2.24, 2.45) is 5.92 Å². The molecule has 2 fully saturated rings. The molecule has 1 aromatic carbocycles. The Labute approximate surface area is 134 Å². The number of ether oxygens (including phenoxy) is 1. The molecule has 0 radical (unpaired) electrons. The highest BCUT2D eigenvalue weighted by molar-refractivity contribution is 5.72. The molecule has 126 valence electrons. The van der Waals surface area contributed by atoms with Crippen molar-refractivity contribution in [3.8, 4) is 0 Å². The van der Waals surface area contributed by atoms with E-state index in [1.54, 1.807) is 0 Å². The molecule has 1 aromatic rings. The predicted molar refractivity (Wildman–Crippen MR) is 83.5 cm³/mol. The minimum absolute atomic E-state index is 0.0989. The number of esters is 1. The molecule has 2 heterocycles. The molecular formula is C17H22F2N2O2. The highest BCUT2D eigenvalue weighted by Crippen LogP contribution is 2.35. The van der Waals surface area contributed by atoms with Crippen molar-refractivity contribution in [2.75, 3.05) is 38.2 Å². The molecule has 6 heteroatoms. The number of nitrogens with zero attached hydrogens (tertiary/aromatic N) is 1. The fourth-order valence-corrected chi connectivity index (χ4v) is 3.60. The summed E-state index contributed by atoms with van der Waals surface area (Å²) < 4.78 is 32.3. The van der Waals surface area contributed by atoms with Gasteiger partial charge in [0.05, 0.1) is 13.0 Å². The Hall–Kier alpha value is -1.69. The van der Waals surface area contributed by atoms with Crippen LogP contribution in [0.5, 0.6) is 0 Å². The van der Waals surface area contributed by atoms with E-state index < -0.39 is 11.6 Å². The number of carbonyl (C=O) groups is 1. The van der Waals surface area contributed by atoms with Gasteiger partial charge in [0.2, 0.25) is 0 Å². The first-order chi connectivity index (χ1) is 11.1. The lowest BCUT2D eigenvalue weighted by Crippen LogP contribution is -2.37. The summed E-state index contributed by atoms with van der Waals surface area (Å²) in [4.78, 5) is 13.7. The first-order valence-corrected chi connectivity index (χ1v) is 8.12. The fraction of sp³-hybridized carbons (Fsp3) is 0.588. The van der Waals surface area contributed by atoms with Crippen LogP contribution >= 0.6 is 0 Å². The Morgan fingerprint density at radius 1 is 1.22 bits per heavy atom. The number of hydrogen-bond acceptors (Lipinski definition) is 4. The van der Waals surface area contributed by atoms with Gasteiger partial charge in [0.15, 0.2) is 11.6 Å². The summed E-state index contributed by atoms with van der Waals surface area (Å²) in [6, 6.07) is 2.65. The third-order valence-electron chi connectivity index (χ3n) is 4.94. The van der Waals surface area contributed by atoms with Crippen molar-refractivity contribution in [1.82, 2.24) is 5.32 Å².